The van der Waals surface area contributed by atoms with Crippen molar-refractivity contribution in [1.82, 2.24) is 10.6 Å². The fourth-order valence-corrected chi connectivity index (χ4v) is 1.31. The monoisotopic (exact) mass is 292 g/mol. The van der Waals surface area contributed by atoms with Crippen LogP contribution in [0.5, 0.6) is 0 Å². The van der Waals surface area contributed by atoms with Crippen molar-refractivity contribution >= 4 is 11.8 Å². The van der Waals surface area contributed by atoms with Crippen molar-refractivity contribution < 1.29 is 27.2 Å². The van der Waals surface area contributed by atoms with Crippen LogP contribution < -0.4 is 10.6 Å². The standard InChI is InChI=1S/C12H12F4N2O2/c13-9-4-2-1-3-8(9)7-18-10(19)5-6-17-11(20)12(14,15)16/h1-4H,5-7H2,(H,17,20)(H,18,19). The molecule has 0 heterocycles. The molecule has 2 N–H and O–H groups in total. The summed E-state index contributed by atoms with van der Waals surface area (Å²) < 4.78 is 48.7. The largest absolute Gasteiger partial charge is 0.471 e. The SMILES string of the molecule is O=C(CCNC(=O)C(F)(F)F)NCc1ccccc1F. The molecule has 0 atom stereocenters. The van der Waals surface area contributed by atoms with Gasteiger partial charge in [0.05, 0.1) is 0 Å². The summed E-state index contributed by atoms with van der Waals surface area (Å²) in [6, 6.07) is 5.79. The van der Waals surface area contributed by atoms with Crippen molar-refractivity contribution in [2.24, 2.45) is 0 Å². The highest BCUT2D eigenvalue weighted by atomic mass is 19.4. The Morgan fingerprint density at radius 3 is 2.35 bits per heavy atom. The number of nitrogens with one attached hydrogen (secondary N) is 2. The molecule has 0 aliphatic rings. The molecule has 0 saturated carbocycles. The molecule has 1 aromatic carbocycles. The van der Waals surface area contributed by atoms with E-state index in [-0.39, 0.29) is 18.5 Å². The van der Waals surface area contributed by atoms with E-state index in [1.54, 1.807) is 11.4 Å². The maximum atomic E-state index is 13.2. The minimum atomic E-state index is -4.97. The van der Waals surface area contributed by atoms with Gasteiger partial charge in [-0.1, -0.05) is 18.2 Å². The molecule has 1 aromatic rings. The molecule has 110 valence electrons. The third-order valence-corrected chi connectivity index (χ3v) is 2.33. The second-order valence-corrected chi connectivity index (χ2v) is 3.87. The Labute approximate surface area is 112 Å². The lowest BCUT2D eigenvalue weighted by atomic mass is 10.2. The molecule has 4 nitrogen and oxygen atoms in total. The number of alkyl halides is 3. The zero-order valence-electron chi connectivity index (χ0n) is 10.3. The number of halogens is 4. The van der Waals surface area contributed by atoms with Crippen LogP contribution in [0, 0.1) is 5.82 Å². The van der Waals surface area contributed by atoms with Gasteiger partial charge in [0.2, 0.25) is 5.91 Å². The second kappa shape index (κ2) is 6.88. The molecule has 20 heavy (non-hydrogen) atoms. The van der Waals surface area contributed by atoms with Crippen LogP contribution >= 0.6 is 0 Å². The summed E-state index contributed by atoms with van der Waals surface area (Å²) in [6.07, 6.45) is -5.29. The van der Waals surface area contributed by atoms with Crippen LogP contribution in [0.2, 0.25) is 0 Å². The van der Waals surface area contributed by atoms with E-state index in [1.165, 1.54) is 18.2 Å². The number of rotatable bonds is 5. The quantitative estimate of drug-likeness (QED) is 0.808. The van der Waals surface area contributed by atoms with E-state index in [0.717, 1.165) is 0 Å². The summed E-state index contributed by atoms with van der Waals surface area (Å²) in [5.74, 6) is -3.17. The predicted molar refractivity (Wildman–Crippen MR) is 61.9 cm³/mol. The van der Waals surface area contributed by atoms with E-state index in [4.69, 9.17) is 0 Å². The topological polar surface area (TPSA) is 58.2 Å². The van der Waals surface area contributed by atoms with Crippen molar-refractivity contribution in [3.63, 3.8) is 0 Å². The number of hydrogen-bond acceptors (Lipinski definition) is 2. The summed E-state index contributed by atoms with van der Waals surface area (Å²) in [6.45, 7) is -0.514. The maximum Gasteiger partial charge on any atom is 0.471 e. The molecular formula is C12H12F4N2O2. The lowest BCUT2D eigenvalue weighted by Crippen LogP contribution is -2.38. The number of benzene rings is 1. The molecule has 0 aliphatic heterocycles. The van der Waals surface area contributed by atoms with Gasteiger partial charge in [0.15, 0.2) is 0 Å². The lowest BCUT2D eigenvalue weighted by Gasteiger charge is -2.08. The summed E-state index contributed by atoms with van der Waals surface area (Å²) in [7, 11) is 0. The van der Waals surface area contributed by atoms with Gasteiger partial charge in [-0.3, -0.25) is 9.59 Å². The molecule has 0 unspecified atom stereocenters. The molecule has 0 bridgehead atoms. The summed E-state index contributed by atoms with van der Waals surface area (Å²) >= 11 is 0. The molecule has 2 amide bonds. The first-order chi connectivity index (χ1) is 9.30. The highest BCUT2D eigenvalue weighted by molar-refractivity contribution is 5.82. The van der Waals surface area contributed by atoms with Crippen LogP contribution in [0.1, 0.15) is 12.0 Å². The second-order valence-electron chi connectivity index (χ2n) is 3.87. The fraction of sp³-hybridized carbons (Fsp3) is 0.333. The summed E-state index contributed by atoms with van der Waals surface area (Å²) in [5, 5.41) is 3.90. The summed E-state index contributed by atoms with van der Waals surface area (Å²) in [4.78, 5) is 21.7. The minimum Gasteiger partial charge on any atom is -0.352 e. The van der Waals surface area contributed by atoms with Crippen LogP contribution in [0.4, 0.5) is 17.6 Å². The average molecular weight is 292 g/mol. The fourth-order valence-electron chi connectivity index (χ4n) is 1.31. The Morgan fingerprint density at radius 2 is 1.75 bits per heavy atom. The zero-order chi connectivity index (χ0) is 15.2. The van der Waals surface area contributed by atoms with E-state index in [1.807, 2.05) is 0 Å². The Hall–Kier alpha value is -2.12. The molecule has 0 fully saturated rings. The smallest absolute Gasteiger partial charge is 0.352 e. The molecule has 1 rings (SSSR count). The van der Waals surface area contributed by atoms with Crippen LogP contribution in [0.15, 0.2) is 24.3 Å². The average Bonchev–Trinajstić information content (AvgIpc) is 2.36. The normalized spacial score (nSPS) is 11.0. The van der Waals surface area contributed by atoms with Crippen molar-refractivity contribution in [2.45, 2.75) is 19.1 Å². The molecule has 8 heteroatoms. The van der Waals surface area contributed by atoms with Gasteiger partial charge in [0.1, 0.15) is 5.82 Å². The predicted octanol–water partition coefficient (Wildman–Crippen LogP) is 1.51. The number of carbonyl (C=O) groups excluding carboxylic acids is 2. The Kier molecular flexibility index (Phi) is 5.48. The van der Waals surface area contributed by atoms with Crippen molar-refractivity contribution in [1.29, 1.82) is 0 Å². The highest BCUT2D eigenvalue weighted by Crippen LogP contribution is 2.13. The van der Waals surface area contributed by atoms with Crippen LogP contribution in [0.3, 0.4) is 0 Å². The van der Waals surface area contributed by atoms with E-state index >= 15 is 0 Å². The summed E-state index contributed by atoms with van der Waals surface area (Å²) in [5.41, 5.74) is 0.264. The van der Waals surface area contributed by atoms with Crippen LogP contribution in [0.25, 0.3) is 0 Å². The van der Waals surface area contributed by atoms with Gasteiger partial charge in [-0.25, -0.2) is 4.39 Å². The highest BCUT2D eigenvalue weighted by Gasteiger charge is 2.38. The van der Waals surface area contributed by atoms with Crippen molar-refractivity contribution in [2.75, 3.05) is 6.54 Å². The van der Waals surface area contributed by atoms with Gasteiger partial charge in [-0.05, 0) is 6.07 Å². The van der Waals surface area contributed by atoms with Crippen LogP contribution in [-0.4, -0.2) is 24.5 Å². The first-order valence-electron chi connectivity index (χ1n) is 5.66. The molecule has 0 spiro atoms. The molecule has 0 aromatic heterocycles. The van der Waals surface area contributed by atoms with Gasteiger partial charge in [-0.15, -0.1) is 0 Å². The first kappa shape index (κ1) is 15.9. The first-order valence-corrected chi connectivity index (χ1v) is 5.66. The van der Waals surface area contributed by atoms with Gasteiger partial charge in [0.25, 0.3) is 0 Å². The van der Waals surface area contributed by atoms with Gasteiger partial charge in [0, 0.05) is 25.1 Å². The third-order valence-electron chi connectivity index (χ3n) is 2.33. The number of carbonyl (C=O) groups is 2. The Balaban J connectivity index is 2.28. The van der Waals surface area contributed by atoms with E-state index in [2.05, 4.69) is 5.32 Å². The maximum absolute atomic E-state index is 13.2. The lowest BCUT2D eigenvalue weighted by molar-refractivity contribution is -0.173. The molecule has 0 radical (unpaired) electrons. The molecular weight excluding hydrogens is 280 g/mol. The van der Waals surface area contributed by atoms with Gasteiger partial charge in [-0.2, -0.15) is 13.2 Å². The third kappa shape index (κ3) is 5.25. The van der Waals surface area contributed by atoms with Gasteiger partial charge < -0.3 is 10.6 Å². The molecule has 0 saturated heterocycles. The van der Waals surface area contributed by atoms with Crippen LogP contribution in [-0.2, 0) is 16.1 Å². The van der Waals surface area contributed by atoms with E-state index < -0.39 is 30.4 Å². The van der Waals surface area contributed by atoms with Crippen molar-refractivity contribution in [3.8, 4) is 0 Å². The Morgan fingerprint density at radius 1 is 1.10 bits per heavy atom. The molecule has 0 aliphatic carbocycles. The van der Waals surface area contributed by atoms with E-state index in [9.17, 15) is 27.2 Å². The zero-order valence-corrected chi connectivity index (χ0v) is 10.3. The number of amides is 2. The Bertz CT molecular complexity index is 489. The number of hydrogen-bond donors (Lipinski definition) is 2. The van der Waals surface area contributed by atoms with Crippen molar-refractivity contribution in [3.05, 3.63) is 35.6 Å². The van der Waals surface area contributed by atoms with E-state index in [0.29, 0.717) is 0 Å². The van der Waals surface area contributed by atoms with Gasteiger partial charge >= 0.3 is 12.1 Å². The minimum absolute atomic E-state index is 0.0707.